The van der Waals surface area contributed by atoms with Crippen LogP contribution in [0.1, 0.15) is 43.7 Å². The number of hydrogen-bond acceptors (Lipinski definition) is 2. The van der Waals surface area contributed by atoms with Gasteiger partial charge in [-0.25, -0.2) is 4.39 Å². The highest BCUT2D eigenvalue weighted by atomic mass is 19.1. The summed E-state index contributed by atoms with van der Waals surface area (Å²) in [5, 5.41) is 3.60. The number of aryl methyl sites for hydroxylation is 1. The van der Waals surface area contributed by atoms with Crippen molar-refractivity contribution in [2.75, 3.05) is 19.6 Å². The molecule has 1 aromatic carbocycles. The highest BCUT2D eigenvalue weighted by Gasteiger charge is 2.16. The molecule has 0 saturated carbocycles. The maximum Gasteiger partial charge on any atom is 0.126 e. The second kappa shape index (κ2) is 7.75. The minimum atomic E-state index is -0.0882. The molecule has 1 atom stereocenters. The van der Waals surface area contributed by atoms with Crippen molar-refractivity contribution in [1.82, 2.24) is 10.2 Å². The Morgan fingerprint density at radius 1 is 1.35 bits per heavy atom. The predicted octanol–water partition coefficient (Wildman–Crippen LogP) is 3.49. The smallest absolute Gasteiger partial charge is 0.126 e. The molecule has 0 bridgehead atoms. The van der Waals surface area contributed by atoms with Gasteiger partial charge in [0.25, 0.3) is 0 Å². The second-order valence-corrected chi connectivity index (χ2v) is 5.97. The Balaban J connectivity index is 1.94. The summed E-state index contributed by atoms with van der Waals surface area (Å²) in [7, 11) is 0. The Morgan fingerprint density at radius 3 is 2.85 bits per heavy atom. The van der Waals surface area contributed by atoms with Gasteiger partial charge in [-0.2, -0.15) is 0 Å². The van der Waals surface area contributed by atoms with Gasteiger partial charge in [-0.1, -0.05) is 25.5 Å². The molecule has 1 unspecified atom stereocenters. The van der Waals surface area contributed by atoms with Crippen molar-refractivity contribution >= 4 is 0 Å². The van der Waals surface area contributed by atoms with Crippen LogP contribution in [-0.4, -0.2) is 30.6 Å². The van der Waals surface area contributed by atoms with E-state index in [4.69, 9.17) is 0 Å². The van der Waals surface area contributed by atoms with Crippen molar-refractivity contribution in [3.8, 4) is 0 Å². The quantitative estimate of drug-likeness (QED) is 0.857. The van der Waals surface area contributed by atoms with Crippen LogP contribution in [0.25, 0.3) is 0 Å². The van der Waals surface area contributed by atoms with Crippen LogP contribution in [-0.2, 0) is 6.54 Å². The molecule has 1 saturated heterocycles. The van der Waals surface area contributed by atoms with Crippen LogP contribution in [0, 0.1) is 12.7 Å². The normalized spacial score (nSPS) is 19.5. The molecular weight excluding hydrogens is 251 g/mol. The molecule has 0 radical (unpaired) electrons. The van der Waals surface area contributed by atoms with Gasteiger partial charge < -0.3 is 5.32 Å². The zero-order chi connectivity index (χ0) is 14.4. The minimum Gasteiger partial charge on any atom is -0.313 e. The zero-order valence-electron chi connectivity index (χ0n) is 12.8. The highest BCUT2D eigenvalue weighted by Crippen LogP contribution is 2.14. The third-order valence-corrected chi connectivity index (χ3v) is 4.07. The van der Waals surface area contributed by atoms with Crippen LogP contribution in [0.3, 0.4) is 0 Å². The number of halogens is 1. The SMILES string of the molecule is CCCN(Cc1ccc(C)c(F)c1)CC1CCCCN1. The standard InChI is InChI=1S/C17H27FN2/c1-3-10-20(13-16-6-4-5-9-19-16)12-15-8-7-14(2)17(18)11-15/h7-8,11,16,19H,3-6,9-10,12-13H2,1-2H3. The van der Waals surface area contributed by atoms with E-state index in [1.54, 1.807) is 6.07 Å². The van der Waals surface area contributed by atoms with E-state index in [1.165, 1.54) is 19.3 Å². The number of hydrogen-bond donors (Lipinski definition) is 1. The van der Waals surface area contributed by atoms with Gasteiger partial charge in [0.1, 0.15) is 5.82 Å². The van der Waals surface area contributed by atoms with Crippen molar-refractivity contribution in [2.24, 2.45) is 0 Å². The third kappa shape index (κ3) is 4.57. The minimum absolute atomic E-state index is 0.0882. The van der Waals surface area contributed by atoms with Gasteiger partial charge in [0.15, 0.2) is 0 Å². The third-order valence-electron chi connectivity index (χ3n) is 4.07. The molecular formula is C17H27FN2. The van der Waals surface area contributed by atoms with Gasteiger partial charge in [-0.3, -0.25) is 4.90 Å². The van der Waals surface area contributed by atoms with Crippen LogP contribution in [0.5, 0.6) is 0 Å². The van der Waals surface area contributed by atoms with Crippen LogP contribution >= 0.6 is 0 Å². The van der Waals surface area contributed by atoms with Gasteiger partial charge >= 0.3 is 0 Å². The molecule has 112 valence electrons. The van der Waals surface area contributed by atoms with E-state index in [2.05, 4.69) is 23.2 Å². The topological polar surface area (TPSA) is 15.3 Å². The fourth-order valence-corrected chi connectivity index (χ4v) is 2.94. The average Bonchev–Trinajstić information content (AvgIpc) is 2.44. The Labute approximate surface area is 122 Å². The summed E-state index contributed by atoms with van der Waals surface area (Å²) >= 11 is 0. The molecule has 1 aliphatic heterocycles. The van der Waals surface area contributed by atoms with Crippen LogP contribution in [0.15, 0.2) is 18.2 Å². The van der Waals surface area contributed by atoms with E-state index in [1.807, 2.05) is 13.0 Å². The van der Waals surface area contributed by atoms with Crippen molar-refractivity contribution in [3.63, 3.8) is 0 Å². The Morgan fingerprint density at radius 2 is 2.20 bits per heavy atom. The van der Waals surface area contributed by atoms with E-state index in [0.717, 1.165) is 43.7 Å². The van der Waals surface area contributed by atoms with Crippen molar-refractivity contribution in [3.05, 3.63) is 35.1 Å². The Hall–Kier alpha value is -0.930. The molecule has 1 aromatic rings. The van der Waals surface area contributed by atoms with E-state index in [-0.39, 0.29) is 5.82 Å². The molecule has 0 aliphatic carbocycles. The fourth-order valence-electron chi connectivity index (χ4n) is 2.94. The summed E-state index contributed by atoms with van der Waals surface area (Å²) < 4.78 is 13.6. The second-order valence-electron chi connectivity index (χ2n) is 5.97. The highest BCUT2D eigenvalue weighted by molar-refractivity contribution is 5.23. The first-order valence-corrected chi connectivity index (χ1v) is 7.90. The zero-order valence-corrected chi connectivity index (χ0v) is 12.8. The predicted molar refractivity (Wildman–Crippen MR) is 82.3 cm³/mol. The lowest BCUT2D eigenvalue weighted by molar-refractivity contribution is 0.217. The molecule has 0 spiro atoms. The summed E-state index contributed by atoms with van der Waals surface area (Å²) in [6, 6.07) is 6.22. The maximum absolute atomic E-state index is 13.6. The molecule has 1 N–H and O–H groups in total. The monoisotopic (exact) mass is 278 g/mol. The molecule has 1 fully saturated rings. The van der Waals surface area contributed by atoms with Gasteiger partial charge in [0.2, 0.25) is 0 Å². The summed E-state index contributed by atoms with van der Waals surface area (Å²) in [6.45, 7) is 8.16. The van der Waals surface area contributed by atoms with Crippen molar-refractivity contribution < 1.29 is 4.39 Å². The number of rotatable bonds is 6. The Kier molecular flexibility index (Phi) is 5.99. The maximum atomic E-state index is 13.6. The van der Waals surface area contributed by atoms with Gasteiger partial charge in [-0.05, 0) is 56.5 Å². The first-order valence-electron chi connectivity index (χ1n) is 7.90. The molecule has 2 rings (SSSR count). The Bertz CT molecular complexity index is 413. The molecule has 2 nitrogen and oxygen atoms in total. The summed E-state index contributed by atoms with van der Waals surface area (Å²) in [6.07, 6.45) is 5.04. The lowest BCUT2D eigenvalue weighted by Crippen LogP contribution is -2.43. The largest absolute Gasteiger partial charge is 0.313 e. The van der Waals surface area contributed by atoms with E-state index in [0.29, 0.717) is 6.04 Å². The lowest BCUT2D eigenvalue weighted by Gasteiger charge is -2.30. The first-order chi connectivity index (χ1) is 9.69. The number of nitrogens with one attached hydrogen (secondary N) is 1. The number of benzene rings is 1. The van der Waals surface area contributed by atoms with E-state index >= 15 is 0 Å². The van der Waals surface area contributed by atoms with Gasteiger partial charge in [0, 0.05) is 19.1 Å². The molecule has 0 aromatic heterocycles. The molecule has 1 aliphatic rings. The number of nitrogens with zero attached hydrogens (tertiary/aromatic N) is 1. The van der Waals surface area contributed by atoms with Crippen molar-refractivity contribution in [2.45, 2.75) is 52.1 Å². The summed E-state index contributed by atoms with van der Waals surface area (Å²) in [4.78, 5) is 2.45. The fraction of sp³-hybridized carbons (Fsp3) is 0.647. The average molecular weight is 278 g/mol. The lowest BCUT2D eigenvalue weighted by atomic mass is 10.0. The van der Waals surface area contributed by atoms with Gasteiger partial charge in [-0.15, -0.1) is 0 Å². The van der Waals surface area contributed by atoms with Crippen LogP contribution in [0.4, 0.5) is 4.39 Å². The first kappa shape index (κ1) is 15.5. The van der Waals surface area contributed by atoms with Crippen LogP contribution < -0.4 is 5.32 Å². The van der Waals surface area contributed by atoms with E-state index < -0.39 is 0 Å². The number of piperidine rings is 1. The van der Waals surface area contributed by atoms with E-state index in [9.17, 15) is 4.39 Å². The summed E-state index contributed by atoms with van der Waals surface area (Å²) in [5.74, 6) is -0.0882. The van der Waals surface area contributed by atoms with Crippen LogP contribution in [0.2, 0.25) is 0 Å². The molecule has 0 amide bonds. The van der Waals surface area contributed by atoms with Gasteiger partial charge in [0.05, 0.1) is 0 Å². The molecule has 1 heterocycles. The molecule has 20 heavy (non-hydrogen) atoms. The molecule has 3 heteroatoms. The summed E-state index contributed by atoms with van der Waals surface area (Å²) in [5.41, 5.74) is 1.81. The van der Waals surface area contributed by atoms with Crippen molar-refractivity contribution in [1.29, 1.82) is 0 Å².